The van der Waals surface area contributed by atoms with Gasteiger partial charge in [-0.2, -0.15) is 0 Å². The summed E-state index contributed by atoms with van der Waals surface area (Å²) < 4.78 is 0. The van der Waals surface area contributed by atoms with Crippen LogP contribution in [0.1, 0.15) is 22.3 Å². The summed E-state index contributed by atoms with van der Waals surface area (Å²) in [6.07, 6.45) is 0.345. The highest BCUT2D eigenvalue weighted by molar-refractivity contribution is 6.24. The van der Waals surface area contributed by atoms with E-state index in [4.69, 9.17) is 5.73 Å². The Kier molecular flexibility index (Phi) is 5.06. The van der Waals surface area contributed by atoms with Gasteiger partial charge in [0.1, 0.15) is 22.8 Å². The van der Waals surface area contributed by atoms with E-state index in [0.717, 1.165) is 0 Å². The van der Waals surface area contributed by atoms with Crippen molar-refractivity contribution >= 4 is 23.2 Å². The monoisotopic (exact) mass is 457 g/mol. The van der Waals surface area contributed by atoms with Crippen molar-refractivity contribution in [2.24, 2.45) is 17.6 Å². The summed E-state index contributed by atoms with van der Waals surface area (Å²) in [7, 11) is 6.59. The molecule has 0 unspecified atom stereocenters. The van der Waals surface area contributed by atoms with Gasteiger partial charge in [-0.3, -0.25) is 19.3 Å². The average Bonchev–Trinajstić information content (AvgIpc) is 2.70. The zero-order valence-electron chi connectivity index (χ0n) is 18.8. The summed E-state index contributed by atoms with van der Waals surface area (Å²) in [4.78, 5) is 41.8. The quantitative estimate of drug-likeness (QED) is 0.398. The predicted octanol–water partition coefficient (Wildman–Crippen LogP) is 0.187. The zero-order chi connectivity index (χ0) is 24.6. The number of phenols is 1. The molecular formula is C23H27N3O7. The Labute approximate surface area is 190 Å². The SMILES string of the molecule is CN(C)c1ccc2c(c1O)C(=O)C1=C(O)[C@]3(O)C(=O)C(C(N)=O)=C(O)[C@H](N(C)C)[C@@H]3C[C@@H]1C2. The first-order valence-electron chi connectivity index (χ1n) is 10.5. The lowest BCUT2D eigenvalue weighted by molar-refractivity contribution is -0.148. The maximum Gasteiger partial charge on any atom is 0.255 e. The van der Waals surface area contributed by atoms with Crippen LogP contribution >= 0.6 is 0 Å². The van der Waals surface area contributed by atoms with Gasteiger partial charge < -0.3 is 31.1 Å². The summed E-state index contributed by atoms with van der Waals surface area (Å²) >= 11 is 0. The standard InChI is InChI=1S/C23H27N3O7/c1-25(2)12-6-5-9-7-10-8-11-16(26(3)4)19(29)15(22(24)32)21(31)23(11,33)20(30)14(10)18(28)13(9)17(12)27/h5-6,10-11,16,27,29-30,33H,7-8H2,1-4H3,(H2,24,32)/t10-,11-,16+,23-/m0/s1. The van der Waals surface area contributed by atoms with E-state index < -0.39 is 58.0 Å². The fourth-order valence-electron chi connectivity index (χ4n) is 5.58. The molecule has 0 aliphatic heterocycles. The number of hydrogen-bond donors (Lipinski definition) is 5. The third kappa shape index (κ3) is 2.90. The van der Waals surface area contributed by atoms with E-state index in [-0.39, 0.29) is 29.7 Å². The third-order valence-electron chi connectivity index (χ3n) is 7.06. The summed E-state index contributed by atoms with van der Waals surface area (Å²) in [5.74, 6) is -6.49. The number of amides is 1. The number of aliphatic hydroxyl groups is 3. The molecule has 1 aromatic rings. The number of nitrogens with two attached hydrogens (primary N) is 1. The average molecular weight is 457 g/mol. The summed E-state index contributed by atoms with van der Waals surface area (Å²) in [5.41, 5.74) is 2.69. The Bertz CT molecular complexity index is 1170. The number of benzene rings is 1. The second-order valence-corrected chi connectivity index (χ2v) is 9.32. The lowest BCUT2D eigenvalue weighted by Gasteiger charge is -2.50. The second-order valence-electron chi connectivity index (χ2n) is 9.32. The Morgan fingerprint density at radius 3 is 2.30 bits per heavy atom. The van der Waals surface area contributed by atoms with Crippen molar-refractivity contribution in [2.75, 3.05) is 33.1 Å². The van der Waals surface area contributed by atoms with Crippen molar-refractivity contribution in [1.29, 1.82) is 0 Å². The predicted molar refractivity (Wildman–Crippen MR) is 118 cm³/mol. The van der Waals surface area contributed by atoms with Gasteiger partial charge in [0.15, 0.2) is 11.4 Å². The zero-order valence-corrected chi connectivity index (χ0v) is 18.8. The highest BCUT2D eigenvalue weighted by Gasteiger charge is 2.63. The maximum atomic E-state index is 13.5. The largest absolute Gasteiger partial charge is 0.510 e. The maximum absolute atomic E-state index is 13.5. The first-order valence-corrected chi connectivity index (χ1v) is 10.5. The smallest absolute Gasteiger partial charge is 0.255 e. The number of carbonyl (C=O) groups is 3. The molecule has 0 spiro atoms. The number of rotatable bonds is 3. The van der Waals surface area contributed by atoms with Crippen molar-refractivity contribution in [3.8, 4) is 5.75 Å². The number of carbonyl (C=O) groups excluding carboxylic acids is 3. The molecule has 0 fully saturated rings. The van der Waals surface area contributed by atoms with Crippen LogP contribution in [0, 0.1) is 11.8 Å². The molecule has 10 nitrogen and oxygen atoms in total. The molecule has 0 saturated carbocycles. The van der Waals surface area contributed by atoms with E-state index >= 15 is 0 Å². The number of fused-ring (bicyclic) bond motifs is 3. The fourth-order valence-corrected chi connectivity index (χ4v) is 5.58. The number of anilines is 1. The molecule has 0 saturated heterocycles. The van der Waals surface area contributed by atoms with Gasteiger partial charge in [-0.05, 0) is 44.5 Å². The minimum Gasteiger partial charge on any atom is -0.510 e. The molecule has 4 rings (SSSR count). The Morgan fingerprint density at radius 1 is 1.12 bits per heavy atom. The molecule has 0 heterocycles. The van der Waals surface area contributed by atoms with E-state index in [9.17, 15) is 34.8 Å². The van der Waals surface area contributed by atoms with Crippen LogP contribution in [-0.2, 0) is 16.0 Å². The minimum atomic E-state index is -2.63. The van der Waals surface area contributed by atoms with Gasteiger partial charge in [0.2, 0.25) is 5.78 Å². The molecule has 6 N–H and O–H groups in total. The Balaban J connectivity index is 1.95. The molecule has 1 amide bonds. The van der Waals surface area contributed by atoms with Crippen LogP contribution in [0.4, 0.5) is 5.69 Å². The van der Waals surface area contributed by atoms with Crippen LogP contribution in [0.25, 0.3) is 0 Å². The topological polar surface area (TPSA) is 165 Å². The molecule has 3 aliphatic carbocycles. The number of nitrogens with zero attached hydrogens (tertiary/aromatic N) is 2. The number of aliphatic hydroxyl groups excluding tert-OH is 2. The number of ketones is 2. The van der Waals surface area contributed by atoms with Crippen LogP contribution < -0.4 is 10.6 Å². The van der Waals surface area contributed by atoms with Gasteiger partial charge in [-0.25, -0.2) is 0 Å². The molecule has 3 aliphatic rings. The van der Waals surface area contributed by atoms with Crippen molar-refractivity contribution in [1.82, 2.24) is 4.90 Å². The number of primary amides is 1. The van der Waals surface area contributed by atoms with Gasteiger partial charge >= 0.3 is 0 Å². The molecule has 0 aromatic heterocycles. The highest BCUT2D eigenvalue weighted by atomic mass is 16.3. The van der Waals surface area contributed by atoms with E-state index in [1.807, 2.05) is 0 Å². The molecule has 0 radical (unpaired) electrons. The number of allylic oxidation sites excluding steroid dienone is 1. The number of hydrogen-bond acceptors (Lipinski definition) is 9. The van der Waals surface area contributed by atoms with E-state index in [1.165, 1.54) is 4.90 Å². The third-order valence-corrected chi connectivity index (χ3v) is 7.06. The van der Waals surface area contributed by atoms with Gasteiger partial charge in [0, 0.05) is 25.6 Å². The van der Waals surface area contributed by atoms with Gasteiger partial charge in [-0.15, -0.1) is 0 Å². The van der Waals surface area contributed by atoms with E-state index in [1.54, 1.807) is 45.2 Å². The summed E-state index contributed by atoms with van der Waals surface area (Å²) in [6, 6.07) is 2.42. The minimum absolute atomic E-state index is 0.00184. The number of likely N-dealkylation sites (N-methyl/N-ethyl adjacent to an activating group) is 1. The highest BCUT2D eigenvalue weighted by Crippen LogP contribution is 2.52. The van der Waals surface area contributed by atoms with Gasteiger partial charge in [0.05, 0.1) is 17.3 Å². The van der Waals surface area contributed by atoms with Crippen molar-refractivity contribution < 1.29 is 34.8 Å². The second kappa shape index (κ2) is 7.32. The first kappa shape index (κ1) is 22.8. The van der Waals surface area contributed by atoms with Crippen molar-refractivity contribution in [3.05, 3.63) is 45.9 Å². The molecule has 4 atom stereocenters. The van der Waals surface area contributed by atoms with Crippen LogP contribution in [0.5, 0.6) is 5.75 Å². The molecule has 176 valence electrons. The Hall–Kier alpha value is -3.37. The molecular weight excluding hydrogens is 430 g/mol. The van der Waals surface area contributed by atoms with Crippen LogP contribution in [0.3, 0.4) is 0 Å². The van der Waals surface area contributed by atoms with Crippen molar-refractivity contribution in [2.45, 2.75) is 24.5 Å². The van der Waals surface area contributed by atoms with Crippen molar-refractivity contribution in [3.63, 3.8) is 0 Å². The van der Waals surface area contributed by atoms with Gasteiger partial charge in [-0.1, -0.05) is 6.07 Å². The number of phenolic OH excluding ortho intramolecular Hbond substituents is 1. The first-order chi connectivity index (χ1) is 15.3. The number of Topliss-reactive ketones (excluding diaryl/α,β-unsaturated/α-hetero) is 2. The molecule has 33 heavy (non-hydrogen) atoms. The lowest BCUT2D eigenvalue weighted by Crippen LogP contribution is -2.63. The molecule has 0 bridgehead atoms. The van der Waals surface area contributed by atoms with E-state index in [2.05, 4.69) is 0 Å². The lowest BCUT2D eigenvalue weighted by atomic mass is 9.58. The van der Waals surface area contributed by atoms with Crippen LogP contribution in [0.2, 0.25) is 0 Å². The van der Waals surface area contributed by atoms with Crippen LogP contribution in [-0.4, -0.2) is 82.6 Å². The summed E-state index contributed by atoms with van der Waals surface area (Å²) in [5, 5.41) is 44.2. The van der Waals surface area contributed by atoms with Gasteiger partial charge in [0.25, 0.3) is 5.91 Å². The Morgan fingerprint density at radius 2 is 1.76 bits per heavy atom. The molecule has 10 heteroatoms. The summed E-state index contributed by atoms with van der Waals surface area (Å²) in [6.45, 7) is 0. The normalized spacial score (nSPS) is 29.1. The fraction of sp³-hybridized carbons (Fsp3) is 0.435. The molecule has 1 aromatic carbocycles. The van der Waals surface area contributed by atoms with E-state index in [0.29, 0.717) is 11.3 Å². The van der Waals surface area contributed by atoms with Crippen LogP contribution in [0.15, 0.2) is 34.8 Å². The number of aromatic hydroxyl groups is 1.